The summed E-state index contributed by atoms with van der Waals surface area (Å²) in [6, 6.07) is 9.87. The Morgan fingerprint density at radius 2 is 1.91 bits per heavy atom. The van der Waals surface area contributed by atoms with Gasteiger partial charge in [-0.15, -0.1) is 0 Å². The first-order valence-electron chi connectivity index (χ1n) is 7.52. The number of amides is 1. The van der Waals surface area contributed by atoms with E-state index in [9.17, 15) is 9.90 Å². The maximum atomic E-state index is 11.8. The first-order chi connectivity index (χ1) is 10.3. The average molecular weight is 309 g/mol. The van der Waals surface area contributed by atoms with Crippen LogP contribution in [0.25, 0.3) is 0 Å². The molecule has 0 saturated carbocycles. The second kappa shape index (κ2) is 8.76. The number of rotatable bonds is 7. The van der Waals surface area contributed by atoms with Crippen molar-refractivity contribution >= 4 is 6.09 Å². The molecule has 0 spiro atoms. The van der Waals surface area contributed by atoms with Crippen molar-refractivity contribution < 1.29 is 19.4 Å². The Bertz CT molecular complexity index is 442. The molecule has 124 valence electrons. The summed E-state index contributed by atoms with van der Waals surface area (Å²) in [5.41, 5.74) is 0.567. The van der Waals surface area contributed by atoms with E-state index in [0.29, 0.717) is 19.6 Å². The summed E-state index contributed by atoms with van der Waals surface area (Å²) < 4.78 is 10.7. The van der Waals surface area contributed by atoms with Gasteiger partial charge in [0.1, 0.15) is 5.60 Å². The fourth-order valence-electron chi connectivity index (χ4n) is 1.81. The summed E-state index contributed by atoms with van der Waals surface area (Å²) in [5.74, 6) is 0. The van der Waals surface area contributed by atoms with Crippen LogP contribution < -0.4 is 0 Å². The molecule has 0 aromatic heterocycles. The third kappa shape index (κ3) is 8.00. The number of hydrogen-bond acceptors (Lipinski definition) is 4. The third-order valence-corrected chi connectivity index (χ3v) is 2.90. The monoisotopic (exact) mass is 309 g/mol. The Hall–Kier alpha value is -1.59. The Morgan fingerprint density at radius 1 is 1.27 bits per heavy atom. The van der Waals surface area contributed by atoms with E-state index in [1.54, 1.807) is 7.05 Å². The Balaban J connectivity index is 2.20. The van der Waals surface area contributed by atoms with Crippen LogP contribution in [0.15, 0.2) is 30.3 Å². The highest BCUT2D eigenvalue weighted by Crippen LogP contribution is 2.10. The topological polar surface area (TPSA) is 59.0 Å². The highest BCUT2D eigenvalue weighted by Gasteiger charge is 2.21. The van der Waals surface area contributed by atoms with E-state index in [-0.39, 0.29) is 6.54 Å². The van der Waals surface area contributed by atoms with Gasteiger partial charge < -0.3 is 19.5 Å². The molecule has 0 saturated heterocycles. The van der Waals surface area contributed by atoms with Crippen molar-refractivity contribution in [1.29, 1.82) is 0 Å². The molecular formula is C17H27NO4. The third-order valence-electron chi connectivity index (χ3n) is 2.90. The fourth-order valence-corrected chi connectivity index (χ4v) is 1.81. The summed E-state index contributed by atoms with van der Waals surface area (Å²) in [6.07, 6.45) is -0.593. The van der Waals surface area contributed by atoms with Crippen molar-refractivity contribution in [3.63, 3.8) is 0 Å². The number of aliphatic hydroxyl groups excluding tert-OH is 1. The molecule has 0 aliphatic carbocycles. The molecule has 0 aliphatic heterocycles. The largest absolute Gasteiger partial charge is 0.444 e. The van der Waals surface area contributed by atoms with Crippen LogP contribution in [0.4, 0.5) is 4.79 Å². The average Bonchev–Trinajstić information content (AvgIpc) is 2.43. The Labute approximate surface area is 132 Å². The minimum Gasteiger partial charge on any atom is -0.444 e. The van der Waals surface area contributed by atoms with Gasteiger partial charge in [0.15, 0.2) is 0 Å². The van der Waals surface area contributed by atoms with Gasteiger partial charge in [-0.3, -0.25) is 0 Å². The first kappa shape index (κ1) is 18.5. The van der Waals surface area contributed by atoms with E-state index in [1.165, 1.54) is 4.90 Å². The molecule has 1 rings (SSSR count). The Morgan fingerprint density at radius 3 is 2.50 bits per heavy atom. The maximum absolute atomic E-state index is 11.8. The highest BCUT2D eigenvalue weighted by molar-refractivity contribution is 5.67. The van der Waals surface area contributed by atoms with E-state index in [1.807, 2.05) is 51.1 Å². The molecule has 1 N–H and O–H groups in total. The molecular weight excluding hydrogens is 282 g/mol. The van der Waals surface area contributed by atoms with Crippen molar-refractivity contribution in [3.05, 3.63) is 35.9 Å². The summed E-state index contributed by atoms with van der Waals surface area (Å²) in [6.45, 7) is 6.63. The quantitative estimate of drug-likeness (QED) is 0.787. The molecule has 5 heteroatoms. The molecule has 1 amide bonds. The van der Waals surface area contributed by atoms with Gasteiger partial charge in [0, 0.05) is 20.2 Å². The fraction of sp³-hybridized carbons (Fsp3) is 0.588. The minimum atomic E-state index is -0.631. The zero-order chi connectivity index (χ0) is 16.6. The molecule has 22 heavy (non-hydrogen) atoms. The summed E-state index contributed by atoms with van der Waals surface area (Å²) in [7, 11) is 1.61. The molecule has 1 atom stereocenters. The van der Waals surface area contributed by atoms with Crippen molar-refractivity contribution in [2.45, 2.75) is 45.5 Å². The van der Waals surface area contributed by atoms with Crippen LogP contribution in [0.5, 0.6) is 0 Å². The van der Waals surface area contributed by atoms with Crippen LogP contribution in [-0.4, -0.2) is 48.0 Å². The highest BCUT2D eigenvalue weighted by atomic mass is 16.6. The number of nitrogens with zero attached hydrogens (tertiary/aromatic N) is 1. The van der Waals surface area contributed by atoms with Crippen molar-refractivity contribution in [1.82, 2.24) is 4.90 Å². The van der Waals surface area contributed by atoms with Crippen LogP contribution in [0.2, 0.25) is 0 Å². The van der Waals surface area contributed by atoms with E-state index in [0.717, 1.165) is 5.56 Å². The van der Waals surface area contributed by atoms with Gasteiger partial charge >= 0.3 is 6.09 Å². The lowest BCUT2D eigenvalue weighted by Gasteiger charge is -2.26. The van der Waals surface area contributed by atoms with Gasteiger partial charge in [-0.25, -0.2) is 4.79 Å². The van der Waals surface area contributed by atoms with Gasteiger partial charge in [0.2, 0.25) is 0 Å². The lowest BCUT2D eigenvalue weighted by Crippen LogP contribution is -2.38. The second-order valence-electron chi connectivity index (χ2n) is 6.34. The first-order valence-corrected chi connectivity index (χ1v) is 7.52. The molecule has 0 bridgehead atoms. The zero-order valence-electron chi connectivity index (χ0n) is 13.9. The number of carbonyl (C=O) groups is 1. The normalized spacial score (nSPS) is 12.8. The number of aliphatic hydroxyl groups is 1. The van der Waals surface area contributed by atoms with E-state index < -0.39 is 17.8 Å². The smallest absolute Gasteiger partial charge is 0.410 e. The van der Waals surface area contributed by atoms with Gasteiger partial charge in [-0.1, -0.05) is 30.3 Å². The summed E-state index contributed by atoms with van der Waals surface area (Å²) in [5, 5.41) is 9.93. The standard InChI is InChI=1S/C17H27NO4/c1-17(2,3)22-16(20)18(4)12-15(19)10-11-21-13-14-8-6-5-7-9-14/h5-9,15,19H,10-13H2,1-4H3/t15-/m0/s1. The van der Waals surface area contributed by atoms with Crippen LogP contribution in [0, 0.1) is 0 Å². The second-order valence-corrected chi connectivity index (χ2v) is 6.34. The molecule has 0 heterocycles. The van der Waals surface area contributed by atoms with Crippen LogP contribution >= 0.6 is 0 Å². The maximum Gasteiger partial charge on any atom is 0.410 e. The van der Waals surface area contributed by atoms with E-state index in [4.69, 9.17) is 9.47 Å². The van der Waals surface area contributed by atoms with E-state index >= 15 is 0 Å². The molecule has 0 unspecified atom stereocenters. The van der Waals surface area contributed by atoms with Crippen LogP contribution in [0.3, 0.4) is 0 Å². The Kier molecular flexibility index (Phi) is 7.35. The lowest BCUT2D eigenvalue weighted by molar-refractivity contribution is 0.0148. The summed E-state index contributed by atoms with van der Waals surface area (Å²) >= 11 is 0. The predicted molar refractivity (Wildman–Crippen MR) is 85.6 cm³/mol. The molecule has 0 radical (unpaired) electrons. The lowest BCUT2D eigenvalue weighted by atomic mass is 10.2. The summed E-state index contributed by atoms with van der Waals surface area (Å²) in [4.78, 5) is 13.2. The van der Waals surface area contributed by atoms with E-state index in [2.05, 4.69) is 0 Å². The minimum absolute atomic E-state index is 0.226. The van der Waals surface area contributed by atoms with Gasteiger partial charge in [-0.2, -0.15) is 0 Å². The number of ether oxygens (including phenoxy) is 2. The zero-order valence-corrected chi connectivity index (χ0v) is 13.9. The molecule has 0 aliphatic rings. The molecule has 0 fully saturated rings. The van der Waals surface area contributed by atoms with Gasteiger partial charge in [0.25, 0.3) is 0 Å². The SMILES string of the molecule is CN(C[C@@H](O)CCOCc1ccccc1)C(=O)OC(C)(C)C. The predicted octanol–water partition coefficient (Wildman–Crippen LogP) is 2.82. The van der Waals surface area contributed by atoms with Crippen LogP contribution in [-0.2, 0) is 16.1 Å². The number of hydrogen-bond donors (Lipinski definition) is 1. The van der Waals surface area contributed by atoms with Gasteiger partial charge in [-0.05, 0) is 32.8 Å². The van der Waals surface area contributed by atoms with Gasteiger partial charge in [0.05, 0.1) is 12.7 Å². The number of benzene rings is 1. The molecule has 5 nitrogen and oxygen atoms in total. The van der Waals surface area contributed by atoms with Crippen molar-refractivity contribution in [3.8, 4) is 0 Å². The number of carbonyl (C=O) groups excluding carboxylic acids is 1. The number of likely N-dealkylation sites (N-methyl/N-ethyl adjacent to an activating group) is 1. The molecule has 1 aromatic carbocycles. The van der Waals surface area contributed by atoms with Crippen LogP contribution in [0.1, 0.15) is 32.8 Å². The molecule has 1 aromatic rings. The van der Waals surface area contributed by atoms with Crippen molar-refractivity contribution in [2.24, 2.45) is 0 Å². The van der Waals surface area contributed by atoms with Crippen molar-refractivity contribution in [2.75, 3.05) is 20.2 Å².